The lowest BCUT2D eigenvalue weighted by Gasteiger charge is -2.30. The highest BCUT2D eigenvalue weighted by molar-refractivity contribution is 7.22. The molecule has 0 bridgehead atoms. The molecule has 15 heteroatoms. The van der Waals surface area contributed by atoms with Gasteiger partial charge in [-0.05, 0) is 37.6 Å². The smallest absolute Gasteiger partial charge is 0.417 e. The van der Waals surface area contributed by atoms with E-state index in [1.54, 1.807) is 0 Å². The predicted octanol–water partition coefficient (Wildman–Crippen LogP) is 5.73. The van der Waals surface area contributed by atoms with Crippen molar-refractivity contribution in [1.82, 2.24) is 25.2 Å². The number of fused-ring (bicyclic) bond motifs is 3. The topological polar surface area (TPSA) is 98.4 Å². The molecule has 4 atom stereocenters. The molecule has 0 unspecified atom stereocenters. The van der Waals surface area contributed by atoms with Crippen molar-refractivity contribution in [1.29, 1.82) is 0 Å². The van der Waals surface area contributed by atoms with Gasteiger partial charge in [0.05, 0.1) is 26.7 Å². The summed E-state index contributed by atoms with van der Waals surface area (Å²) in [5, 5.41) is 2.77. The molecule has 8 nitrogen and oxygen atoms in total. The monoisotopic (exact) mass is 638 g/mol. The van der Waals surface area contributed by atoms with Crippen LogP contribution in [0.25, 0.3) is 32.2 Å². The average Bonchev–Trinajstić information content (AvgIpc) is 3.72. The number of anilines is 1. The SMILES string of the molecule is C[C@H]1CNC[C@H]1Oc1nc(OC[C@@]23CCCN2C[C@H](F)C3)nc2c(F)c(-c3ccc(F)c4sc(N)nc34)c(C(F)(F)F)cc12. The highest BCUT2D eigenvalue weighted by Gasteiger charge is 2.49. The molecule has 44 heavy (non-hydrogen) atoms. The van der Waals surface area contributed by atoms with Crippen molar-refractivity contribution >= 4 is 37.6 Å². The van der Waals surface area contributed by atoms with Crippen LogP contribution in [0.2, 0.25) is 0 Å². The summed E-state index contributed by atoms with van der Waals surface area (Å²) in [6, 6.07) is 2.43. The van der Waals surface area contributed by atoms with E-state index in [1.165, 1.54) is 0 Å². The Morgan fingerprint density at radius 2 is 1.98 bits per heavy atom. The third-order valence-corrected chi connectivity index (χ3v) is 9.80. The van der Waals surface area contributed by atoms with E-state index in [0.29, 0.717) is 19.5 Å². The van der Waals surface area contributed by atoms with Gasteiger partial charge in [0.2, 0.25) is 5.88 Å². The fourth-order valence-corrected chi connectivity index (χ4v) is 7.51. The van der Waals surface area contributed by atoms with Crippen molar-refractivity contribution in [3.8, 4) is 23.0 Å². The second kappa shape index (κ2) is 10.6. The highest BCUT2D eigenvalue weighted by Crippen LogP contribution is 2.46. The predicted molar refractivity (Wildman–Crippen MR) is 152 cm³/mol. The van der Waals surface area contributed by atoms with Crippen LogP contribution in [-0.4, -0.2) is 70.5 Å². The Labute approximate surface area is 251 Å². The minimum Gasteiger partial charge on any atom is -0.472 e. The van der Waals surface area contributed by atoms with Gasteiger partial charge in [0.1, 0.15) is 30.2 Å². The second-order valence-electron chi connectivity index (χ2n) is 11.8. The van der Waals surface area contributed by atoms with Crippen LogP contribution < -0.4 is 20.5 Å². The molecule has 3 fully saturated rings. The molecule has 7 rings (SSSR count). The molecule has 0 spiro atoms. The molecular weight excluding hydrogens is 610 g/mol. The third kappa shape index (κ3) is 4.88. The molecule has 0 aliphatic carbocycles. The number of rotatable bonds is 6. The van der Waals surface area contributed by atoms with Crippen molar-refractivity contribution in [2.45, 2.75) is 50.2 Å². The molecule has 234 valence electrons. The third-order valence-electron chi connectivity index (χ3n) is 8.90. The van der Waals surface area contributed by atoms with Crippen LogP contribution in [0, 0.1) is 17.6 Å². The Morgan fingerprint density at radius 3 is 2.73 bits per heavy atom. The fourth-order valence-electron chi connectivity index (χ4n) is 6.75. The number of halogens is 6. The quantitative estimate of drug-likeness (QED) is 0.259. The van der Waals surface area contributed by atoms with E-state index >= 15 is 4.39 Å². The summed E-state index contributed by atoms with van der Waals surface area (Å²) in [5.41, 5.74) is 2.03. The first kappa shape index (κ1) is 29.3. The normalized spacial score (nSPS) is 25.8. The van der Waals surface area contributed by atoms with E-state index in [-0.39, 0.29) is 63.7 Å². The number of benzene rings is 2. The van der Waals surface area contributed by atoms with E-state index in [9.17, 15) is 22.0 Å². The van der Waals surface area contributed by atoms with Gasteiger partial charge >= 0.3 is 12.2 Å². The van der Waals surface area contributed by atoms with Gasteiger partial charge in [-0.25, -0.2) is 18.2 Å². The summed E-state index contributed by atoms with van der Waals surface area (Å²) < 4.78 is 101. The lowest BCUT2D eigenvalue weighted by atomic mass is 9.95. The summed E-state index contributed by atoms with van der Waals surface area (Å²) >= 11 is 0.745. The van der Waals surface area contributed by atoms with Crippen molar-refractivity contribution in [3.63, 3.8) is 0 Å². The maximum atomic E-state index is 16.6. The average molecular weight is 639 g/mol. The van der Waals surface area contributed by atoms with Crippen LogP contribution in [0.3, 0.4) is 0 Å². The molecule has 0 radical (unpaired) electrons. The molecule has 2 aromatic heterocycles. The van der Waals surface area contributed by atoms with Crippen molar-refractivity contribution in [3.05, 3.63) is 35.4 Å². The minimum absolute atomic E-state index is 0.0101. The number of hydrogen-bond acceptors (Lipinski definition) is 9. The largest absolute Gasteiger partial charge is 0.472 e. The van der Waals surface area contributed by atoms with Gasteiger partial charge in [-0.3, -0.25) is 4.90 Å². The Bertz CT molecular complexity index is 1770. The van der Waals surface area contributed by atoms with Gasteiger partial charge in [-0.15, -0.1) is 0 Å². The van der Waals surface area contributed by atoms with Gasteiger partial charge in [-0.2, -0.15) is 23.1 Å². The van der Waals surface area contributed by atoms with Crippen LogP contribution in [0.15, 0.2) is 18.2 Å². The molecule has 3 aliphatic rings. The molecule has 0 saturated carbocycles. The Balaban J connectivity index is 1.41. The van der Waals surface area contributed by atoms with Gasteiger partial charge in [0.15, 0.2) is 10.9 Å². The zero-order valence-corrected chi connectivity index (χ0v) is 24.3. The molecular formula is C29H28F6N6O2S. The first-order valence-corrected chi connectivity index (χ1v) is 15.1. The summed E-state index contributed by atoms with van der Waals surface area (Å²) in [4.78, 5) is 14.6. The Morgan fingerprint density at radius 1 is 1.16 bits per heavy atom. The van der Waals surface area contributed by atoms with Gasteiger partial charge in [0.25, 0.3) is 0 Å². The standard InChI is InChI=1S/C29H28F6N6O2S/c1-13-9-37-10-19(13)43-25-16-7-17(29(33,34)35)20(15-3-4-18(31)24-23(15)38-26(36)44-24)21(32)22(16)39-27(40-25)42-12-28-5-2-6-41(28)11-14(30)8-28/h3-4,7,13-14,19,37H,2,5-6,8-12H2,1H3,(H2,36,38)/t13-,14+,19+,28-/m0/s1. The Kier molecular flexibility index (Phi) is 7.05. The number of ether oxygens (including phenoxy) is 2. The van der Waals surface area contributed by atoms with Crippen LogP contribution in [0.4, 0.5) is 31.5 Å². The Hall–Kier alpha value is -3.43. The number of alkyl halides is 4. The summed E-state index contributed by atoms with van der Waals surface area (Å²) in [6.45, 7) is 3.95. The highest BCUT2D eigenvalue weighted by atomic mass is 32.1. The van der Waals surface area contributed by atoms with Gasteiger partial charge < -0.3 is 20.5 Å². The number of nitrogens with zero attached hydrogens (tertiary/aromatic N) is 4. The molecule has 3 saturated heterocycles. The number of hydrogen-bond donors (Lipinski definition) is 2. The zero-order chi connectivity index (χ0) is 31.0. The molecule has 3 aliphatic heterocycles. The lowest BCUT2D eigenvalue weighted by molar-refractivity contribution is -0.137. The van der Waals surface area contributed by atoms with E-state index < -0.39 is 52.3 Å². The number of nitrogen functional groups attached to an aromatic ring is 1. The fraction of sp³-hybridized carbons (Fsp3) is 0.483. The van der Waals surface area contributed by atoms with Crippen molar-refractivity contribution in [2.75, 3.05) is 38.5 Å². The maximum Gasteiger partial charge on any atom is 0.417 e. The number of thiazole rings is 1. The van der Waals surface area contributed by atoms with Crippen LogP contribution >= 0.6 is 11.3 Å². The lowest BCUT2D eigenvalue weighted by Crippen LogP contribution is -2.43. The first-order valence-electron chi connectivity index (χ1n) is 14.3. The molecule has 4 aromatic rings. The summed E-state index contributed by atoms with van der Waals surface area (Å²) in [5.74, 6) is -2.35. The van der Waals surface area contributed by atoms with E-state index in [2.05, 4.69) is 20.3 Å². The van der Waals surface area contributed by atoms with Crippen molar-refractivity contribution in [2.24, 2.45) is 5.92 Å². The van der Waals surface area contributed by atoms with Gasteiger partial charge in [-0.1, -0.05) is 18.3 Å². The second-order valence-corrected chi connectivity index (χ2v) is 12.8. The maximum absolute atomic E-state index is 16.6. The van der Waals surface area contributed by atoms with Crippen LogP contribution in [0.5, 0.6) is 11.9 Å². The summed E-state index contributed by atoms with van der Waals surface area (Å²) in [6.07, 6.45) is -4.68. The van der Waals surface area contributed by atoms with Gasteiger partial charge in [0, 0.05) is 43.1 Å². The summed E-state index contributed by atoms with van der Waals surface area (Å²) in [7, 11) is 0. The molecule has 5 heterocycles. The van der Waals surface area contributed by atoms with E-state index in [4.69, 9.17) is 15.2 Å². The van der Waals surface area contributed by atoms with E-state index in [0.717, 1.165) is 42.5 Å². The minimum atomic E-state index is -5.03. The first-order chi connectivity index (χ1) is 20.9. The zero-order valence-electron chi connectivity index (χ0n) is 23.5. The molecule has 3 N–H and O–H groups in total. The number of nitrogens with one attached hydrogen (secondary N) is 1. The van der Waals surface area contributed by atoms with Crippen LogP contribution in [-0.2, 0) is 6.18 Å². The number of nitrogens with two attached hydrogens (primary N) is 1. The van der Waals surface area contributed by atoms with E-state index in [1.807, 2.05) is 11.8 Å². The molecule has 0 amide bonds. The number of aromatic nitrogens is 3. The van der Waals surface area contributed by atoms with Crippen molar-refractivity contribution < 1.29 is 35.8 Å². The molecule has 2 aromatic carbocycles. The van der Waals surface area contributed by atoms with Crippen LogP contribution in [0.1, 0.15) is 31.7 Å².